The first-order valence-electron chi connectivity index (χ1n) is 8.53. The molecule has 0 unspecified atom stereocenters. The molecule has 3 rings (SSSR count). The topological polar surface area (TPSA) is 38.3 Å². The lowest BCUT2D eigenvalue weighted by Crippen LogP contribution is -2.44. The standard InChI is InChI=1S/C21H22FNO2/c22-19-9-6-17(7-10-19)8-11-20(24)23-16-21(12-14-25-15-13-21)18-4-2-1-3-5-18/h1-11H,12-16H2,(H,23,24). The molecule has 1 heterocycles. The maximum absolute atomic E-state index is 12.9. The van der Waals surface area contributed by atoms with Crippen LogP contribution in [0, 0.1) is 5.82 Å². The van der Waals surface area contributed by atoms with Crippen LogP contribution in [0.3, 0.4) is 0 Å². The van der Waals surface area contributed by atoms with Crippen LogP contribution in [-0.2, 0) is 14.9 Å². The molecule has 1 aliphatic heterocycles. The van der Waals surface area contributed by atoms with Crippen molar-refractivity contribution in [1.82, 2.24) is 5.32 Å². The third kappa shape index (κ3) is 4.54. The number of halogens is 1. The van der Waals surface area contributed by atoms with Gasteiger partial charge in [-0.3, -0.25) is 4.79 Å². The van der Waals surface area contributed by atoms with E-state index in [-0.39, 0.29) is 17.1 Å². The van der Waals surface area contributed by atoms with E-state index in [0.717, 1.165) is 18.4 Å². The first-order chi connectivity index (χ1) is 12.2. The third-order valence-electron chi connectivity index (χ3n) is 4.73. The summed E-state index contributed by atoms with van der Waals surface area (Å²) in [7, 11) is 0. The molecule has 0 atom stereocenters. The van der Waals surface area contributed by atoms with Gasteiger partial charge in [0.1, 0.15) is 5.82 Å². The fourth-order valence-electron chi connectivity index (χ4n) is 3.18. The maximum Gasteiger partial charge on any atom is 0.244 e. The molecule has 1 fully saturated rings. The number of rotatable bonds is 5. The lowest BCUT2D eigenvalue weighted by molar-refractivity contribution is -0.116. The summed E-state index contributed by atoms with van der Waals surface area (Å²) in [5.74, 6) is -0.433. The van der Waals surface area contributed by atoms with Crippen molar-refractivity contribution in [2.45, 2.75) is 18.3 Å². The van der Waals surface area contributed by atoms with Crippen LogP contribution in [0.25, 0.3) is 6.08 Å². The molecule has 3 nitrogen and oxygen atoms in total. The quantitative estimate of drug-likeness (QED) is 0.844. The fourth-order valence-corrected chi connectivity index (χ4v) is 3.18. The fraction of sp³-hybridized carbons (Fsp3) is 0.286. The van der Waals surface area contributed by atoms with Crippen molar-refractivity contribution in [3.05, 3.63) is 77.6 Å². The second kappa shape index (κ2) is 8.08. The zero-order valence-corrected chi connectivity index (χ0v) is 14.1. The number of carbonyl (C=O) groups excluding carboxylic acids is 1. The van der Waals surface area contributed by atoms with Crippen LogP contribution in [0.4, 0.5) is 4.39 Å². The highest BCUT2D eigenvalue weighted by molar-refractivity contribution is 5.91. The van der Waals surface area contributed by atoms with Gasteiger partial charge in [-0.15, -0.1) is 0 Å². The van der Waals surface area contributed by atoms with Gasteiger partial charge in [-0.1, -0.05) is 42.5 Å². The molecule has 1 amide bonds. The van der Waals surface area contributed by atoms with E-state index < -0.39 is 0 Å². The molecule has 1 aliphatic rings. The Morgan fingerprint density at radius 2 is 1.76 bits per heavy atom. The Bertz CT molecular complexity index is 719. The molecule has 1 saturated heterocycles. The molecule has 0 saturated carbocycles. The highest BCUT2D eigenvalue weighted by Crippen LogP contribution is 2.34. The Balaban J connectivity index is 1.65. The predicted molar refractivity (Wildman–Crippen MR) is 96.6 cm³/mol. The second-order valence-electron chi connectivity index (χ2n) is 6.36. The zero-order valence-electron chi connectivity index (χ0n) is 14.1. The van der Waals surface area contributed by atoms with Gasteiger partial charge in [0.25, 0.3) is 0 Å². The van der Waals surface area contributed by atoms with Gasteiger partial charge in [0, 0.05) is 31.2 Å². The monoisotopic (exact) mass is 339 g/mol. The molecule has 2 aromatic rings. The molecule has 4 heteroatoms. The van der Waals surface area contributed by atoms with Crippen LogP contribution in [0.1, 0.15) is 24.0 Å². The number of hydrogen-bond acceptors (Lipinski definition) is 2. The molecular formula is C21H22FNO2. The number of amides is 1. The van der Waals surface area contributed by atoms with Crippen molar-refractivity contribution in [2.75, 3.05) is 19.8 Å². The summed E-state index contributed by atoms with van der Waals surface area (Å²) < 4.78 is 18.4. The summed E-state index contributed by atoms with van der Waals surface area (Å²) in [6, 6.07) is 16.3. The van der Waals surface area contributed by atoms with Crippen LogP contribution in [0.2, 0.25) is 0 Å². The summed E-state index contributed by atoms with van der Waals surface area (Å²) in [4.78, 5) is 12.2. The van der Waals surface area contributed by atoms with E-state index >= 15 is 0 Å². The molecule has 25 heavy (non-hydrogen) atoms. The minimum Gasteiger partial charge on any atom is -0.381 e. The molecule has 0 bridgehead atoms. The van der Waals surface area contributed by atoms with Gasteiger partial charge in [-0.2, -0.15) is 0 Å². The van der Waals surface area contributed by atoms with E-state index in [4.69, 9.17) is 4.74 Å². The van der Waals surface area contributed by atoms with Crippen LogP contribution >= 0.6 is 0 Å². The molecule has 0 aromatic heterocycles. The largest absolute Gasteiger partial charge is 0.381 e. The Hall–Kier alpha value is -2.46. The van der Waals surface area contributed by atoms with Gasteiger partial charge in [0.2, 0.25) is 5.91 Å². The maximum atomic E-state index is 12.9. The van der Waals surface area contributed by atoms with Crippen molar-refractivity contribution < 1.29 is 13.9 Å². The van der Waals surface area contributed by atoms with Crippen LogP contribution in [0.15, 0.2) is 60.7 Å². The SMILES string of the molecule is O=C(C=Cc1ccc(F)cc1)NCC1(c2ccccc2)CCOCC1. The lowest BCUT2D eigenvalue weighted by Gasteiger charge is -2.37. The second-order valence-corrected chi connectivity index (χ2v) is 6.36. The van der Waals surface area contributed by atoms with Crippen molar-refractivity contribution in [2.24, 2.45) is 0 Å². The smallest absolute Gasteiger partial charge is 0.244 e. The van der Waals surface area contributed by atoms with E-state index in [2.05, 4.69) is 17.4 Å². The first-order valence-corrected chi connectivity index (χ1v) is 8.53. The van der Waals surface area contributed by atoms with Gasteiger partial charge in [0.05, 0.1) is 0 Å². The van der Waals surface area contributed by atoms with Crippen LogP contribution in [0.5, 0.6) is 0 Å². The third-order valence-corrected chi connectivity index (χ3v) is 4.73. The number of carbonyl (C=O) groups is 1. The molecule has 2 aromatic carbocycles. The zero-order chi connectivity index (χ0) is 17.5. The number of ether oxygens (including phenoxy) is 1. The van der Waals surface area contributed by atoms with E-state index in [1.54, 1.807) is 18.2 Å². The summed E-state index contributed by atoms with van der Waals surface area (Å²) in [6.45, 7) is 1.99. The molecule has 130 valence electrons. The van der Waals surface area contributed by atoms with Crippen molar-refractivity contribution >= 4 is 12.0 Å². The Kier molecular flexibility index (Phi) is 5.61. The average Bonchev–Trinajstić information content (AvgIpc) is 2.67. The van der Waals surface area contributed by atoms with Gasteiger partial charge < -0.3 is 10.1 Å². The average molecular weight is 339 g/mol. The Morgan fingerprint density at radius 1 is 1.08 bits per heavy atom. The molecule has 0 aliphatic carbocycles. The van der Waals surface area contributed by atoms with Crippen molar-refractivity contribution in [3.8, 4) is 0 Å². The molecule has 1 N–H and O–H groups in total. The summed E-state index contributed by atoms with van der Waals surface area (Å²) in [5.41, 5.74) is 1.94. The molecule has 0 radical (unpaired) electrons. The van der Waals surface area contributed by atoms with Crippen LogP contribution in [-0.4, -0.2) is 25.7 Å². The summed E-state index contributed by atoms with van der Waals surface area (Å²) in [5, 5.41) is 3.02. The normalized spacial score (nSPS) is 16.7. The molecular weight excluding hydrogens is 317 g/mol. The van der Waals surface area contributed by atoms with Gasteiger partial charge in [-0.05, 0) is 42.2 Å². The number of hydrogen-bond donors (Lipinski definition) is 1. The van der Waals surface area contributed by atoms with Crippen molar-refractivity contribution in [3.63, 3.8) is 0 Å². The van der Waals surface area contributed by atoms with E-state index in [1.807, 2.05) is 18.2 Å². The van der Waals surface area contributed by atoms with Crippen LogP contribution < -0.4 is 5.32 Å². The van der Waals surface area contributed by atoms with Gasteiger partial charge in [0.15, 0.2) is 0 Å². The minimum absolute atomic E-state index is 0.0844. The first kappa shape index (κ1) is 17.4. The van der Waals surface area contributed by atoms with E-state index in [1.165, 1.54) is 23.8 Å². The number of benzene rings is 2. The number of nitrogens with one attached hydrogen (secondary N) is 1. The van der Waals surface area contributed by atoms with E-state index in [0.29, 0.717) is 19.8 Å². The Morgan fingerprint density at radius 3 is 2.44 bits per heavy atom. The Labute approximate surface area is 147 Å². The van der Waals surface area contributed by atoms with E-state index in [9.17, 15) is 9.18 Å². The lowest BCUT2D eigenvalue weighted by atomic mass is 9.74. The highest BCUT2D eigenvalue weighted by atomic mass is 19.1. The van der Waals surface area contributed by atoms with Gasteiger partial charge in [-0.25, -0.2) is 4.39 Å². The minimum atomic E-state index is -0.286. The molecule has 0 spiro atoms. The summed E-state index contributed by atoms with van der Waals surface area (Å²) >= 11 is 0. The van der Waals surface area contributed by atoms with Gasteiger partial charge >= 0.3 is 0 Å². The predicted octanol–water partition coefficient (Wildman–Crippen LogP) is 3.70. The highest BCUT2D eigenvalue weighted by Gasteiger charge is 2.34. The summed E-state index contributed by atoms with van der Waals surface area (Å²) in [6.07, 6.45) is 4.96. The van der Waals surface area contributed by atoms with Crippen molar-refractivity contribution in [1.29, 1.82) is 0 Å².